The van der Waals surface area contributed by atoms with Crippen LogP contribution in [0.3, 0.4) is 0 Å². The van der Waals surface area contributed by atoms with Crippen LogP contribution in [-0.4, -0.2) is 74.1 Å². The lowest BCUT2D eigenvalue weighted by Gasteiger charge is -2.31. The Balaban J connectivity index is 1.44. The average Bonchev–Trinajstić information content (AvgIpc) is 3.15. The van der Waals surface area contributed by atoms with E-state index in [1.807, 2.05) is 22.4 Å². The summed E-state index contributed by atoms with van der Waals surface area (Å²) in [5.41, 5.74) is 1.17. The summed E-state index contributed by atoms with van der Waals surface area (Å²) in [6.45, 7) is 5.24. The quantitative estimate of drug-likeness (QED) is 0.805. The van der Waals surface area contributed by atoms with Gasteiger partial charge in [0.05, 0.1) is 24.6 Å². The van der Waals surface area contributed by atoms with Crippen LogP contribution in [0.15, 0.2) is 29.2 Å². The molecule has 1 fully saturated rings. The van der Waals surface area contributed by atoms with Crippen LogP contribution in [0.1, 0.15) is 16.1 Å². The summed E-state index contributed by atoms with van der Waals surface area (Å²) in [5, 5.41) is 4.85. The Morgan fingerprint density at radius 3 is 2.83 bits per heavy atom. The van der Waals surface area contributed by atoms with Crippen molar-refractivity contribution in [1.29, 1.82) is 0 Å². The fraction of sp³-hybridized carbons (Fsp3) is 0.529. The summed E-state index contributed by atoms with van der Waals surface area (Å²) >= 11 is 1.44. The molecule has 1 aromatic heterocycles. The number of morpholine rings is 1. The third-order valence-corrected chi connectivity index (χ3v) is 5.12. The van der Waals surface area contributed by atoms with Crippen molar-refractivity contribution in [3.63, 3.8) is 0 Å². The third-order valence-electron chi connectivity index (χ3n) is 4.25. The van der Waals surface area contributed by atoms with E-state index in [9.17, 15) is 9.59 Å². The van der Waals surface area contributed by atoms with Gasteiger partial charge in [-0.1, -0.05) is 12.1 Å². The molecule has 130 valence electrons. The van der Waals surface area contributed by atoms with E-state index >= 15 is 0 Å². The first-order chi connectivity index (χ1) is 11.7. The van der Waals surface area contributed by atoms with Crippen LogP contribution < -0.4 is 5.32 Å². The van der Waals surface area contributed by atoms with Crippen molar-refractivity contribution in [2.24, 2.45) is 0 Å². The maximum atomic E-state index is 12.3. The molecule has 0 radical (unpaired) electrons. The van der Waals surface area contributed by atoms with Gasteiger partial charge in [-0.3, -0.25) is 14.5 Å². The first kappa shape index (κ1) is 17.1. The molecule has 1 N–H and O–H groups in total. The number of nitrogens with zero attached hydrogens (tertiary/aromatic N) is 2. The van der Waals surface area contributed by atoms with Crippen molar-refractivity contribution >= 4 is 23.2 Å². The van der Waals surface area contributed by atoms with E-state index in [1.54, 1.807) is 0 Å². The van der Waals surface area contributed by atoms with Crippen LogP contribution in [0, 0.1) is 0 Å². The lowest BCUT2D eigenvalue weighted by molar-refractivity contribution is -0.136. The highest BCUT2D eigenvalue weighted by molar-refractivity contribution is 7.12. The maximum Gasteiger partial charge on any atom is 0.261 e. The van der Waals surface area contributed by atoms with Gasteiger partial charge >= 0.3 is 0 Å². The molecule has 0 aliphatic carbocycles. The van der Waals surface area contributed by atoms with Gasteiger partial charge in [0.2, 0.25) is 5.91 Å². The Labute approximate surface area is 146 Å². The second kappa shape index (κ2) is 8.41. The lowest BCUT2D eigenvalue weighted by atomic mass is 10.1. The van der Waals surface area contributed by atoms with Crippen LogP contribution in [0.25, 0.3) is 0 Å². The number of carbonyl (C=O) groups is 2. The zero-order valence-corrected chi connectivity index (χ0v) is 14.5. The van der Waals surface area contributed by atoms with Gasteiger partial charge in [0.15, 0.2) is 0 Å². The minimum Gasteiger partial charge on any atom is -0.378 e. The molecule has 7 heteroatoms. The molecule has 24 heavy (non-hydrogen) atoms. The van der Waals surface area contributed by atoms with E-state index in [1.165, 1.54) is 16.9 Å². The minimum absolute atomic E-state index is 0.0348. The summed E-state index contributed by atoms with van der Waals surface area (Å²) in [7, 11) is 0. The zero-order chi connectivity index (χ0) is 16.8. The van der Waals surface area contributed by atoms with Gasteiger partial charge in [-0.25, -0.2) is 0 Å². The lowest BCUT2D eigenvalue weighted by Crippen LogP contribution is -2.47. The monoisotopic (exact) mass is 349 g/mol. The molecule has 0 bridgehead atoms. The molecule has 0 spiro atoms. The minimum atomic E-state index is -0.0348. The molecule has 2 amide bonds. The highest BCUT2D eigenvalue weighted by Crippen LogP contribution is 2.11. The molecule has 2 aliphatic rings. The summed E-state index contributed by atoms with van der Waals surface area (Å²) in [4.78, 5) is 29.1. The van der Waals surface area contributed by atoms with Gasteiger partial charge in [-0.15, -0.1) is 11.3 Å². The SMILES string of the molecule is O=C(NCC1=CCCN(CC(=O)N2CCOCC2)C1)c1cccs1. The fourth-order valence-electron chi connectivity index (χ4n) is 2.94. The molecule has 0 atom stereocenters. The van der Waals surface area contributed by atoms with E-state index in [2.05, 4.69) is 16.3 Å². The van der Waals surface area contributed by atoms with Crippen molar-refractivity contribution in [2.75, 3.05) is 52.5 Å². The molecule has 2 aliphatic heterocycles. The molecule has 0 unspecified atom stereocenters. The van der Waals surface area contributed by atoms with Crippen molar-refractivity contribution in [3.05, 3.63) is 34.0 Å². The molecule has 6 nitrogen and oxygen atoms in total. The molecular weight excluding hydrogens is 326 g/mol. The van der Waals surface area contributed by atoms with Crippen molar-refractivity contribution in [2.45, 2.75) is 6.42 Å². The highest BCUT2D eigenvalue weighted by Gasteiger charge is 2.21. The van der Waals surface area contributed by atoms with Gasteiger partial charge in [-0.05, 0) is 23.4 Å². The molecule has 3 rings (SSSR count). The van der Waals surface area contributed by atoms with Gasteiger partial charge in [0.1, 0.15) is 0 Å². The first-order valence-corrected chi connectivity index (χ1v) is 9.18. The summed E-state index contributed by atoms with van der Waals surface area (Å²) in [6, 6.07) is 3.70. The highest BCUT2D eigenvalue weighted by atomic mass is 32.1. The Bertz CT molecular complexity index is 594. The molecule has 0 saturated carbocycles. The number of rotatable bonds is 5. The Hall–Kier alpha value is -1.70. The number of ether oxygens (including phenoxy) is 1. The van der Waals surface area contributed by atoms with Crippen molar-refractivity contribution < 1.29 is 14.3 Å². The number of amides is 2. The van der Waals surface area contributed by atoms with E-state index in [0.29, 0.717) is 39.4 Å². The largest absolute Gasteiger partial charge is 0.378 e. The van der Waals surface area contributed by atoms with Gasteiger partial charge in [0, 0.05) is 32.7 Å². The predicted molar refractivity (Wildman–Crippen MR) is 93.2 cm³/mol. The van der Waals surface area contributed by atoms with Crippen molar-refractivity contribution in [1.82, 2.24) is 15.1 Å². The normalized spacial score (nSPS) is 19.0. The molecule has 3 heterocycles. The summed E-state index contributed by atoms with van der Waals surface area (Å²) in [5.74, 6) is 0.134. The van der Waals surface area contributed by atoms with Gasteiger partial charge < -0.3 is 15.0 Å². The van der Waals surface area contributed by atoms with Crippen molar-refractivity contribution in [3.8, 4) is 0 Å². The first-order valence-electron chi connectivity index (χ1n) is 8.30. The van der Waals surface area contributed by atoms with Gasteiger partial charge in [-0.2, -0.15) is 0 Å². The van der Waals surface area contributed by atoms with E-state index < -0.39 is 0 Å². The number of thiophene rings is 1. The van der Waals surface area contributed by atoms with Crippen LogP contribution in [0.4, 0.5) is 0 Å². The molecule has 1 aromatic rings. The van der Waals surface area contributed by atoms with E-state index in [4.69, 9.17) is 4.74 Å². The Morgan fingerprint density at radius 2 is 2.08 bits per heavy atom. The van der Waals surface area contributed by atoms with E-state index in [0.717, 1.165) is 24.4 Å². The smallest absolute Gasteiger partial charge is 0.261 e. The number of nitrogens with one attached hydrogen (secondary N) is 1. The summed E-state index contributed by atoms with van der Waals surface area (Å²) in [6.07, 6.45) is 3.09. The van der Waals surface area contributed by atoms with Crippen LogP contribution in [0.5, 0.6) is 0 Å². The summed E-state index contributed by atoms with van der Waals surface area (Å²) < 4.78 is 5.29. The Kier molecular flexibility index (Phi) is 6.01. The fourth-order valence-corrected chi connectivity index (χ4v) is 3.58. The van der Waals surface area contributed by atoms with Gasteiger partial charge in [0.25, 0.3) is 5.91 Å². The van der Waals surface area contributed by atoms with Crippen LogP contribution in [0.2, 0.25) is 0 Å². The molecule has 1 saturated heterocycles. The second-order valence-electron chi connectivity index (χ2n) is 6.01. The molecule has 0 aromatic carbocycles. The average molecular weight is 349 g/mol. The second-order valence-corrected chi connectivity index (χ2v) is 6.96. The topological polar surface area (TPSA) is 61.9 Å². The van der Waals surface area contributed by atoms with E-state index in [-0.39, 0.29) is 11.8 Å². The standard InChI is InChI=1S/C17H23N3O3S/c21-16(20-6-8-23-9-7-20)13-19-5-1-3-14(12-19)11-18-17(22)15-4-2-10-24-15/h2-4,10H,1,5-9,11-13H2,(H,18,22). The number of hydrogen-bond acceptors (Lipinski definition) is 5. The predicted octanol–water partition coefficient (Wildman–Crippen LogP) is 0.969. The number of hydrogen-bond donors (Lipinski definition) is 1. The third kappa shape index (κ3) is 4.66. The zero-order valence-electron chi connectivity index (χ0n) is 13.7. The Morgan fingerprint density at radius 1 is 1.25 bits per heavy atom. The van der Waals surface area contributed by atoms with Crippen LogP contribution in [-0.2, 0) is 9.53 Å². The number of carbonyl (C=O) groups excluding carboxylic acids is 2. The maximum absolute atomic E-state index is 12.3. The molecular formula is C17H23N3O3S. The van der Waals surface area contributed by atoms with Crippen LogP contribution >= 0.6 is 11.3 Å².